The van der Waals surface area contributed by atoms with Crippen LogP contribution in [0.5, 0.6) is 0 Å². The largest absolute Gasteiger partial charge is 0.384 e. The molecule has 1 aromatic heterocycles. The average Bonchev–Trinajstić information content (AvgIpc) is 2.67. The van der Waals surface area contributed by atoms with Crippen LogP contribution in [0, 0.1) is 0 Å². The van der Waals surface area contributed by atoms with E-state index in [-0.39, 0.29) is 0 Å². The number of aromatic nitrogens is 2. The van der Waals surface area contributed by atoms with E-state index in [9.17, 15) is 5.11 Å². The summed E-state index contributed by atoms with van der Waals surface area (Å²) in [7, 11) is 0. The molecule has 0 bridgehead atoms. The Morgan fingerprint density at radius 3 is 3.00 bits per heavy atom. The molecule has 0 aromatic carbocycles. The Labute approximate surface area is 83.0 Å². The molecule has 4 heteroatoms. The Bertz CT molecular complexity index is 296. The van der Waals surface area contributed by atoms with Crippen molar-refractivity contribution < 1.29 is 9.84 Å². The lowest BCUT2D eigenvalue weighted by Crippen LogP contribution is -2.32. The molecule has 0 saturated carbocycles. The first-order chi connectivity index (χ1) is 6.72. The average molecular weight is 194 g/mol. The van der Waals surface area contributed by atoms with Crippen molar-refractivity contribution in [2.24, 2.45) is 0 Å². The predicted molar refractivity (Wildman–Crippen MR) is 50.6 cm³/mol. The van der Waals surface area contributed by atoms with E-state index in [1.165, 1.54) is 0 Å². The van der Waals surface area contributed by atoms with Crippen molar-refractivity contribution in [3.63, 3.8) is 0 Å². The van der Waals surface area contributed by atoms with Crippen LogP contribution >= 0.6 is 0 Å². The number of hydrogen-bond acceptors (Lipinski definition) is 4. The van der Waals surface area contributed by atoms with Crippen molar-refractivity contribution in [2.45, 2.75) is 31.5 Å². The second-order valence-electron chi connectivity index (χ2n) is 3.80. The molecule has 0 radical (unpaired) electrons. The summed E-state index contributed by atoms with van der Waals surface area (Å²) in [6.45, 7) is 2.63. The zero-order valence-electron chi connectivity index (χ0n) is 8.18. The molecule has 4 nitrogen and oxygen atoms in total. The third-order valence-electron chi connectivity index (χ3n) is 2.69. The molecular weight excluding hydrogens is 180 g/mol. The van der Waals surface area contributed by atoms with Crippen LogP contribution in [0.15, 0.2) is 18.6 Å². The van der Waals surface area contributed by atoms with E-state index in [0.29, 0.717) is 12.3 Å². The van der Waals surface area contributed by atoms with Crippen molar-refractivity contribution in [3.05, 3.63) is 24.3 Å². The van der Waals surface area contributed by atoms with Crippen LogP contribution in [0.1, 0.15) is 31.6 Å². The van der Waals surface area contributed by atoms with Crippen LogP contribution < -0.4 is 0 Å². The van der Waals surface area contributed by atoms with E-state index in [4.69, 9.17) is 4.74 Å². The zero-order valence-corrected chi connectivity index (χ0v) is 8.18. The van der Waals surface area contributed by atoms with E-state index in [2.05, 4.69) is 9.97 Å². The number of aliphatic hydroxyl groups excluding tert-OH is 1. The quantitative estimate of drug-likeness (QED) is 0.765. The molecule has 2 rings (SSSR count). The van der Waals surface area contributed by atoms with E-state index >= 15 is 0 Å². The van der Waals surface area contributed by atoms with Gasteiger partial charge in [-0.25, -0.2) is 0 Å². The number of rotatable bonds is 2. The Morgan fingerprint density at radius 2 is 2.43 bits per heavy atom. The number of hydrogen-bond donors (Lipinski definition) is 1. The number of aliphatic hydroxyl groups is 1. The topological polar surface area (TPSA) is 55.2 Å². The van der Waals surface area contributed by atoms with Gasteiger partial charge in [0.05, 0.1) is 17.5 Å². The molecule has 2 heterocycles. The van der Waals surface area contributed by atoms with Gasteiger partial charge in [-0.3, -0.25) is 9.97 Å². The Morgan fingerprint density at radius 1 is 1.57 bits per heavy atom. The van der Waals surface area contributed by atoms with Crippen molar-refractivity contribution in [3.8, 4) is 0 Å². The lowest BCUT2D eigenvalue weighted by atomic mass is 9.93. The van der Waals surface area contributed by atoms with E-state index in [0.717, 1.165) is 12.8 Å². The van der Waals surface area contributed by atoms with Gasteiger partial charge in [0.2, 0.25) is 0 Å². The smallest absolute Gasteiger partial charge is 0.126 e. The monoisotopic (exact) mass is 194 g/mol. The molecule has 1 fully saturated rings. The molecule has 1 aliphatic heterocycles. The maximum atomic E-state index is 10.1. The molecule has 0 aliphatic carbocycles. The minimum absolute atomic E-state index is 0.490. The van der Waals surface area contributed by atoms with Gasteiger partial charge in [-0.2, -0.15) is 0 Å². The van der Waals surface area contributed by atoms with E-state index < -0.39 is 11.7 Å². The first-order valence-corrected chi connectivity index (χ1v) is 4.80. The fourth-order valence-corrected chi connectivity index (χ4v) is 1.78. The van der Waals surface area contributed by atoms with E-state index in [1.54, 1.807) is 18.6 Å². The highest BCUT2D eigenvalue weighted by Crippen LogP contribution is 2.36. The van der Waals surface area contributed by atoms with Gasteiger partial charge in [0.15, 0.2) is 0 Å². The highest BCUT2D eigenvalue weighted by atomic mass is 16.5. The minimum Gasteiger partial charge on any atom is -0.384 e. The Balaban J connectivity index is 2.19. The molecule has 76 valence electrons. The van der Waals surface area contributed by atoms with Crippen LogP contribution in [0.3, 0.4) is 0 Å². The lowest BCUT2D eigenvalue weighted by Gasteiger charge is -2.28. The molecule has 1 N–H and O–H groups in total. The fraction of sp³-hybridized carbons (Fsp3) is 0.600. The first kappa shape index (κ1) is 9.55. The normalized spacial score (nSPS) is 29.0. The molecule has 1 aromatic rings. The maximum absolute atomic E-state index is 10.1. The van der Waals surface area contributed by atoms with Crippen molar-refractivity contribution >= 4 is 0 Å². The molecule has 0 amide bonds. The van der Waals surface area contributed by atoms with Crippen molar-refractivity contribution in [2.75, 3.05) is 6.61 Å². The summed E-state index contributed by atoms with van der Waals surface area (Å²) in [6.07, 6.45) is 5.93. The second kappa shape index (κ2) is 3.63. The third-order valence-corrected chi connectivity index (χ3v) is 2.69. The summed E-state index contributed by atoms with van der Waals surface area (Å²) in [6, 6.07) is 0. The molecule has 14 heavy (non-hydrogen) atoms. The van der Waals surface area contributed by atoms with Crippen LogP contribution in [-0.4, -0.2) is 27.3 Å². The van der Waals surface area contributed by atoms with Crippen LogP contribution in [0.2, 0.25) is 0 Å². The van der Waals surface area contributed by atoms with Crippen molar-refractivity contribution in [1.82, 2.24) is 9.97 Å². The molecular formula is C10H14N2O2. The number of nitrogens with zero attached hydrogens (tertiary/aromatic N) is 2. The summed E-state index contributed by atoms with van der Waals surface area (Å²) in [4.78, 5) is 8.01. The third kappa shape index (κ3) is 1.63. The predicted octanol–water partition coefficient (Wildman–Crippen LogP) is 1.08. The van der Waals surface area contributed by atoms with Gasteiger partial charge in [0.1, 0.15) is 6.10 Å². The second-order valence-corrected chi connectivity index (χ2v) is 3.80. The highest BCUT2D eigenvalue weighted by molar-refractivity contribution is 5.06. The van der Waals surface area contributed by atoms with Gasteiger partial charge in [-0.1, -0.05) is 0 Å². The fourth-order valence-electron chi connectivity index (χ4n) is 1.78. The van der Waals surface area contributed by atoms with Crippen LogP contribution in [-0.2, 0) is 4.74 Å². The molecule has 1 saturated heterocycles. The molecule has 2 unspecified atom stereocenters. The summed E-state index contributed by atoms with van der Waals surface area (Å²) < 4.78 is 5.54. The summed E-state index contributed by atoms with van der Waals surface area (Å²) in [5.74, 6) is 0. The molecule has 2 atom stereocenters. The summed E-state index contributed by atoms with van der Waals surface area (Å²) in [5.41, 5.74) is 0.0904. The Kier molecular flexibility index (Phi) is 2.48. The van der Waals surface area contributed by atoms with Gasteiger partial charge >= 0.3 is 0 Å². The summed E-state index contributed by atoms with van der Waals surface area (Å²) in [5, 5.41) is 10.1. The lowest BCUT2D eigenvalue weighted by molar-refractivity contribution is -0.0814. The van der Waals surface area contributed by atoms with Gasteiger partial charge in [-0.05, 0) is 19.8 Å². The van der Waals surface area contributed by atoms with E-state index in [1.807, 2.05) is 6.92 Å². The van der Waals surface area contributed by atoms with Gasteiger partial charge in [0.25, 0.3) is 0 Å². The highest BCUT2D eigenvalue weighted by Gasteiger charge is 2.39. The minimum atomic E-state index is -0.682. The van der Waals surface area contributed by atoms with Gasteiger partial charge in [0, 0.05) is 19.0 Å². The molecule has 1 aliphatic rings. The van der Waals surface area contributed by atoms with Crippen LogP contribution in [0.25, 0.3) is 0 Å². The van der Waals surface area contributed by atoms with Crippen LogP contribution in [0.4, 0.5) is 0 Å². The molecule has 0 spiro atoms. The maximum Gasteiger partial charge on any atom is 0.126 e. The summed E-state index contributed by atoms with van der Waals surface area (Å²) >= 11 is 0. The van der Waals surface area contributed by atoms with Crippen molar-refractivity contribution in [1.29, 1.82) is 0 Å². The first-order valence-electron chi connectivity index (χ1n) is 4.80. The van der Waals surface area contributed by atoms with Gasteiger partial charge < -0.3 is 9.84 Å². The number of ether oxygens (including phenoxy) is 1. The van der Waals surface area contributed by atoms with Gasteiger partial charge in [-0.15, -0.1) is 0 Å². The standard InChI is InChI=1S/C10H14N2O2/c1-10(3-2-6-14-10)9(13)8-7-11-4-5-12-8/h4-5,7,9,13H,2-3,6H2,1H3. The Hall–Kier alpha value is -1.00. The zero-order chi connectivity index (χ0) is 10.0. The SMILES string of the molecule is CC1(C(O)c2cnccn2)CCCO1.